The first-order valence-corrected chi connectivity index (χ1v) is 9.61. The van der Waals surface area contributed by atoms with Crippen LogP contribution in [0.25, 0.3) is 0 Å². The highest BCUT2D eigenvalue weighted by molar-refractivity contribution is 5.93. The van der Waals surface area contributed by atoms with Crippen LogP contribution in [0.1, 0.15) is 12.5 Å². The molecule has 0 saturated carbocycles. The van der Waals surface area contributed by atoms with E-state index < -0.39 is 4.92 Å². The van der Waals surface area contributed by atoms with Gasteiger partial charge >= 0.3 is 0 Å². The fourth-order valence-corrected chi connectivity index (χ4v) is 3.48. The number of carbonyl (C=O) groups is 1. The maximum atomic E-state index is 12.4. The number of likely N-dealkylation sites (N-methyl/N-ethyl adjacent to an activating group) is 2. The van der Waals surface area contributed by atoms with E-state index in [0.717, 1.165) is 30.1 Å². The van der Waals surface area contributed by atoms with Gasteiger partial charge in [0.1, 0.15) is 11.9 Å². The first-order chi connectivity index (χ1) is 13.9. The van der Waals surface area contributed by atoms with Gasteiger partial charge in [-0.25, -0.2) is 0 Å². The molecule has 8 nitrogen and oxygen atoms in total. The van der Waals surface area contributed by atoms with Crippen LogP contribution in [-0.4, -0.2) is 55.1 Å². The Balaban J connectivity index is 1.58. The quantitative estimate of drug-likeness (QED) is 0.570. The molecule has 29 heavy (non-hydrogen) atoms. The van der Waals surface area contributed by atoms with Crippen LogP contribution in [0.5, 0.6) is 5.75 Å². The van der Waals surface area contributed by atoms with E-state index in [0.29, 0.717) is 12.2 Å². The Morgan fingerprint density at radius 3 is 2.83 bits per heavy atom. The summed E-state index contributed by atoms with van der Waals surface area (Å²) in [5, 5.41) is 13.7. The summed E-state index contributed by atoms with van der Waals surface area (Å²) in [7, 11) is 1.86. The number of rotatable bonds is 7. The molecule has 1 atom stereocenters. The Bertz CT molecular complexity index is 902. The molecule has 0 fully saturated rings. The average Bonchev–Trinajstić information content (AvgIpc) is 2.68. The van der Waals surface area contributed by atoms with Gasteiger partial charge in [0.2, 0.25) is 5.91 Å². The minimum Gasteiger partial charge on any atom is -0.485 e. The molecule has 0 aliphatic carbocycles. The molecular weight excluding hydrogens is 372 g/mol. The highest BCUT2D eigenvalue weighted by atomic mass is 16.6. The molecule has 0 aromatic heterocycles. The molecule has 1 N–H and O–H groups in total. The third kappa shape index (κ3) is 5.03. The number of hydrogen-bond acceptors (Lipinski definition) is 6. The number of aryl methyl sites for hydroxylation is 1. The Kier molecular flexibility index (Phi) is 6.33. The predicted molar refractivity (Wildman–Crippen MR) is 113 cm³/mol. The molecule has 3 rings (SSSR count). The summed E-state index contributed by atoms with van der Waals surface area (Å²) < 4.78 is 6.11. The number of nitro benzene ring substituents is 1. The van der Waals surface area contributed by atoms with Crippen molar-refractivity contribution in [3.8, 4) is 5.75 Å². The zero-order chi connectivity index (χ0) is 21.0. The lowest BCUT2D eigenvalue weighted by Crippen LogP contribution is -2.46. The number of fused-ring (bicyclic) bond motifs is 1. The third-order valence-corrected chi connectivity index (χ3v) is 4.94. The Hall–Kier alpha value is -3.13. The number of nitro groups is 1. The van der Waals surface area contributed by atoms with Gasteiger partial charge in [0, 0.05) is 25.2 Å². The molecular formula is C21H26N4O4. The Labute approximate surface area is 170 Å². The number of hydrogen-bond donors (Lipinski definition) is 1. The van der Waals surface area contributed by atoms with Crippen molar-refractivity contribution in [3.05, 3.63) is 58.1 Å². The number of amides is 1. The van der Waals surface area contributed by atoms with Gasteiger partial charge < -0.3 is 15.0 Å². The molecule has 1 unspecified atom stereocenters. The second-order valence-electron chi connectivity index (χ2n) is 7.25. The van der Waals surface area contributed by atoms with Crippen LogP contribution in [0, 0.1) is 17.0 Å². The summed E-state index contributed by atoms with van der Waals surface area (Å²) in [4.78, 5) is 27.1. The topological polar surface area (TPSA) is 88.0 Å². The zero-order valence-electron chi connectivity index (χ0n) is 16.9. The van der Waals surface area contributed by atoms with Crippen LogP contribution in [-0.2, 0) is 4.79 Å². The molecule has 154 valence electrons. The minimum atomic E-state index is -0.473. The van der Waals surface area contributed by atoms with Gasteiger partial charge in [-0.15, -0.1) is 0 Å². The smallest absolute Gasteiger partial charge is 0.271 e. The van der Waals surface area contributed by atoms with Crippen molar-refractivity contribution in [1.82, 2.24) is 4.90 Å². The predicted octanol–water partition coefficient (Wildman–Crippen LogP) is 3.06. The van der Waals surface area contributed by atoms with Crippen molar-refractivity contribution in [3.63, 3.8) is 0 Å². The summed E-state index contributed by atoms with van der Waals surface area (Å²) in [6.45, 7) is 6.30. The molecule has 0 saturated heterocycles. The first kappa shape index (κ1) is 20.6. The second kappa shape index (κ2) is 8.91. The van der Waals surface area contributed by atoms with E-state index in [1.165, 1.54) is 12.1 Å². The van der Waals surface area contributed by atoms with E-state index in [4.69, 9.17) is 4.74 Å². The van der Waals surface area contributed by atoms with Gasteiger partial charge in [-0.1, -0.05) is 18.2 Å². The maximum Gasteiger partial charge on any atom is 0.271 e. The number of nitrogens with zero attached hydrogens (tertiary/aromatic N) is 3. The van der Waals surface area contributed by atoms with Gasteiger partial charge in [-0.3, -0.25) is 19.8 Å². The molecule has 0 radical (unpaired) electrons. The Morgan fingerprint density at radius 1 is 1.34 bits per heavy atom. The maximum absolute atomic E-state index is 12.4. The number of para-hydroxylation sites is 2. The fourth-order valence-electron chi connectivity index (χ4n) is 3.48. The minimum absolute atomic E-state index is 0.0480. The van der Waals surface area contributed by atoms with E-state index in [2.05, 4.69) is 17.1 Å². The molecule has 1 aliphatic heterocycles. The van der Waals surface area contributed by atoms with Crippen LogP contribution in [0.15, 0.2) is 42.5 Å². The van der Waals surface area contributed by atoms with Crippen molar-refractivity contribution in [2.24, 2.45) is 0 Å². The molecule has 1 heterocycles. The zero-order valence-corrected chi connectivity index (χ0v) is 16.9. The van der Waals surface area contributed by atoms with Gasteiger partial charge in [0.05, 0.1) is 29.4 Å². The van der Waals surface area contributed by atoms with Crippen molar-refractivity contribution in [1.29, 1.82) is 0 Å². The van der Waals surface area contributed by atoms with E-state index in [9.17, 15) is 14.9 Å². The van der Waals surface area contributed by atoms with Crippen LogP contribution in [0.3, 0.4) is 0 Å². The number of non-ortho nitro benzene ring substituents is 1. The van der Waals surface area contributed by atoms with Gasteiger partial charge in [-0.05, 0) is 38.6 Å². The number of ether oxygens (including phenoxy) is 1. The van der Waals surface area contributed by atoms with Crippen molar-refractivity contribution in [2.45, 2.75) is 20.0 Å². The second-order valence-corrected chi connectivity index (χ2v) is 7.25. The monoisotopic (exact) mass is 398 g/mol. The van der Waals surface area contributed by atoms with E-state index in [1.807, 2.05) is 36.2 Å². The third-order valence-electron chi connectivity index (χ3n) is 4.94. The van der Waals surface area contributed by atoms with Gasteiger partial charge in [-0.2, -0.15) is 0 Å². The first-order valence-electron chi connectivity index (χ1n) is 9.61. The van der Waals surface area contributed by atoms with Gasteiger partial charge in [0.15, 0.2) is 0 Å². The number of carbonyl (C=O) groups excluding carboxylic acids is 1. The lowest BCUT2D eigenvalue weighted by molar-refractivity contribution is -0.384. The molecule has 8 heteroatoms. The Morgan fingerprint density at radius 2 is 2.10 bits per heavy atom. The summed E-state index contributed by atoms with van der Waals surface area (Å²) in [5.74, 6) is 0.635. The summed E-state index contributed by atoms with van der Waals surface area (Å²) >= 11 is 0. The summed E-state index contributed by atoms with van der Waals surface area (Å²) in [6.07, 6.45) is -0.0535. The fraction of sp³-hybridized carbons (Fsp3) is 0.381. The molecule has 0 bridgehead atoms. The molecule has 1 aliphatic rings. The number of anilines is 2. The van der Waals surface area contributed by atoms with Gasteiger partial charge in [0.25, 0.3) is 5.69 Å². The van der Waals surface area contributed by atoms with E-state index in [1.54, 1.807) is 13.0 Å². The number of nitrogens with one attached hydrogen (secondary N) is 1. The van der Waals surface area contributed by atoms with Crippen LogP contribution in [0.4, 0.5) is 17.1 Å². The SMILES string of the molecule is CCN1CC(CN(C)CC(=O)Nc2cc([N+](=O)[O-])ccc2C)Oc2ccccc21. The standard InChI is InChI=1S/C21H26N4O4/c1-4-24-13-17(29-20-8-6-5-7-19(20)24)12-23(3)14-21(26)22-18-11-16(25(27)28)10-9-15(18)2/h5-11,17H,4,12-14H2,1-3H3,(H,22,26). The van der Waals surface area contributed by atoms with Crippen LogP contribution >= 0.6 is 0 Å². The van der Waals surface area contributed by atoms with E-state index >= 15 is 0 Å². The summed E-state index contributed by atoms with van der Waals surface area (Å²) in [5.41, 5.74) is 2.27. The largest absolute Gasteiger partial charge is 0.485 e. The van der Waals surface area contributed by atoms with Crippen molar-refractivity contribution >= 4 is 23.0 Å². The summed E-state index contributed by atoms with van der Waals surface area (Å²) in [6, 6.07) is 12.4. The lowest BCUT2D eigenvalue weighted by atomic mass is 10.1. The van der Waals surface area contributed by atoms with Crippen molar-refractivity contribution < 1.29 is 14.5 Å². The molecule has 2 aromatic carbocycles. The molecule has 0 spiro atoms. The van der Waals surface area contributed by atoms with E-state index in [-0.39, 0.29) is 24.2 Å². The normalized spacial score (nSPS) is 15.6. The molecule has 1 amide bonds. The van der Waals surface area contributed by atoms with Crippen molar-refractivity contribution in [2.75, 3.05) is 43.4 Å². The number of benzene rings is 2. The van der Waals surface area contributed by atoms with Crippen LogP contribution < -0.4 is 15.0 Å². The highest BCUT2D eigenvalue weighted by Gasteiger charge is 2.26. The van der Waals surface area contributed by atoms with Crippen LogP contribution in [0.2, 0.25) is 0 Å². The highest BCUT2D eigenvalue weighted by Crippen LogP contribution is 2.32. The lowest BCUT2D eigenvalue weighted by Gasteiger charge is -2.37. The average molecular weight is 398 g/mol. The molecule has 2 aromatic rings.